The third-order valence-corrected chi connectivity index (χ3v) is 5.39. The minimum atomic E-state index is -0.741. The molecule has 1 fully saturated rings. The molecule has 0 atom stereocenters. The van der Waals surface area contributed by atoms with E-state index in [1.165, 1.54) is 18.2 Å². The number of hydrogen-bond acceptors (Lipinski definition) is 5. The van der Waals surface area contributed by atoms with Crippen molar-refractivity contribution in [3.8, 4) is 28.6 Å². The first kappa shape index (κ1) is 22.9. The Morgan fingerprint density at radius 1 is 1.09 bits per heavy atom. The molecule has 0 radical (unpaired) electrons. The molecule has 5 rings (SSSR count). The second-order valence-corrected chi connectivity index (χ2v) is 8.09. The maximum absolute atomic E-state index is 14.7. The summed E-state index contributed by atoms with van der Waals surface area (Å²) in [7, 11) is 0. The van der Waals surface area contributed by atoms with E-state index in [-0.39, 0.29) is 46.8 Å². The molecular formula is C23H18Cl2F2N4O2. The van der Waals surface area contributed by atoms with Crippen molar-refractivity contribution in [2.45, 2.75) is 25.8 Å². The third kappa shape index (κ3) is 4.62. The summed E-state index contributed by atoms with van der Waals surface area (Å²) in [5.74, 6) is -1.19. The van der Waals surface area contributed by atoms with Gasteiger partial charge in [-0.1, -0.05) is 29.3 Å². The minimum absolute atomic E-state index is 0. The fourth-order valence-electron chi connectivity index (χ4n) is 3.31. The summed E-state index contributed by atoms with van der Waals surface area (Å²) in [6.45, 7) is 1.91. The van der Waals surface area contributed by atoms with Crippen LogP contribution in [-0.2, 0) is 0 Å². The molecule has 0 bridgehead atoms. The minimum Gasteiger partial charge on any atom is -0.434 e. The SMILES string of the molecule is Cc1cccc(-c2nc(-n3cc(F)c(NC4CC4)nc3=O)c(-c3ccc(Cl)c(F)c3)o2)c1.Cl. The first-order valence-electron chi connectivity index (χ1n) is 9.98. The van der Waals surface area contributed by atoms with Crippen molar-refractivity contribution in [1.29, 1.82) is 0 Å². The van der Waals surface area contributed by atoms with Crippen LogP contribution in [0.25, 0.3) is 28.6 Å². The number of aromatic nitrogens is 3. The topological polar surface area (TPSA) is 73.0 Å². The van der Waals surface area contributed by atoms with Gasteiger partial charge < -0.3 is 9.73 Å². The molecule has 1 N–H and O–H groups in total. The van der Waals surface area contributed by atoms with Crippen LogP contribution in [-0.4, -0.2) is 20.6 Å². The smallest absolute Gasteiger partial charge is 0.355 e. The standard InChI is InChI=1S/C23H17ClF2N4O2.ClH/c1-12-3-2-4-14(9-12)22-29-21(19(32-22)13-5-8-16(24)17(25)10-13)30-11-18(26)20(28-23(30)31)27-15-6-7-15;/h2-5,8-11,15H,6-7H2,1H3,(H,27,28,31);1H. The molecule has 0 saturated heterocycles. The Labute approximate surface area is 198 Å². The lowest BCUT2D eigenvalue weighted by atomic mass is 10.1. The van der Waals surface area contributed by atoms with Crippen LogP contribution >= 0.6 is 24.0 Å². The lowest BCUT2D eigenvalue weighted by Crippen LogP contribution is -2.24. The van der Waals surface area contributed by atoms with Crippen molar-refractivity contribution in [2.75, 3.05) is 5.32 Å². The van der Waals surface area contributed by atoms with E-state index < -0.39 is 17.3 Å². The normalized spacial score (nSPS) is 13.0. The third-order valence-electron chi connectivity index (χ3n) is 5.08. The Morgan fingerprint density at radius 2 is 1.88 bits per heavy atom. The van der Waals surface area contributed by atoms with Crippen molar-refractivity contribution in [3.05, 3.63) is 81.4 Å². The quantitative estimate of drug-likeness (QED) is 0.383. The van der Waals surface area contributed by atoms with Gasteiger partial charge in [-0.25, -0.2) is 18.1 Å². The molecule has 6 nitrogen and oxygen atoms in total. The monoisotopic (exact) mass is 490 g/mol. The molecule has 10 heteroatoms. The lowest BCUT2D eigenvalue weighted by molar-refractivity contribution is 0.583. The van der Waals surface area contributed by atoms with Gasteiger partial charge in [0, 0.05) is 17.2 Å². The van der Waals surface area contributed by atoms with Gasteiger partial charge in [0.05, 0.1) is 11.2 Å². The largest absolute Gasteiger partial charge is 0.434 e. The Balaban J connectivity index is 0.00000259. The Kier molecular flexibility index (Phi) is 6.23. The molecule has 1 aliphatic carbocycles. The van der Waals surface area contributed by atoms with Gasteiger partial charge in [0.15, 0.2) is 23.2 Å². The zero-order valence-electron chi connectivity index (χ0n) is 17.3. The van der Waals surface area contributed by atoms with E-state index in [0.29, 0.717) is 11.1 Å². The van der Waals surface area contributed by atoms with Crippen LogP contribution in [0.4, 0.5) is 14.6 Å². The van der Waals surface area contributed by atoms with E-state index >= 15 is 0 Å². The highest BCUT2D eigenvalue weighted by Gasteiger charge is 2.25. The van der Waals surface area contributed by atoms with E-state index in [4.69, 9.17) is 16.0 Å². The highest BCUT2D eigenvalue weighted by atomic mass is 35.5. The number of anilines is 1. The van der Waals surface area contributed by atoms with E-state index in [9.17, 15) is 13.6 Å². The molecule has 2 aromatic heterocycles. The van der Waals surface area contributed by atoms with Crippen LogP contribution in [0.1, 0.15) is 18.4 Å². The lowest BCUT2D eigenvalue weighted by Gasteiger charge is -2.08. The maximum Gasteiger partial charge on any atom is 0.355 e. The Morgan fingerprint density at radius 3 is 2.58 bits per heavy atom. The molecule has 1 saturated carbocycles. The number of halogens is 4. The Hall–Kier alpha value is -3.23. The predicted molar refractivity (Wildman–Crippen MR) is 124 cm³/mol. The van der Waals surface area contributed by atoms with Gasteiger partial charge in [0.25, 0.3) is 0 Å². The van der Waals surface area contributed by atoms with Gasteiger partial charge in [0.1, 0.15) is 5.82 Å². The summed E-state index contributed by atoms with van der Waals surface area (Å²) in [6.07, 6.45) is 2.81. The summed E-state index contributed by atoms with van der Waals surface area (Å²) in [4.78, 5) is 21.0. The molecule has 170 valence electrons. The number of oxazole rings is 1. The highest BCUT2D eigenvalue weighted by molar-refractivity contribution is 6.30. The van der Waals surface area contributed by atoms with E-state index in [1.807, 2.05) is 25.1 Å². The molecule has 33 heavy (non-hydrogen) atoms. The molecule has 2 aromatic carbocycles. The van der Waals surface area contributed by atoms with E-state index in [0.717, 1.165) is 29.2 Å². The maximum atomic E-state index is 14.7. The summed E-state index contributed by atoms with van der Waals surface area (Å²) >= 11 is 5.81. The zero-order chi connectivity index (χ0) is 22.4. The number of nitrogens with one attached hydrogen (secondary N) is 1. The van der Waals surface area contributed by atoms with Gasteiger partial charge in [-0.3, -0.25) is 0 Å². The van der Waals surface area contributed by atoms with Gasteiger partial charge in [-0.05, 0) is 50.1 Å². The molecule has 1 aliphatic rings. The number of benzene rings is 2. The van der Waals surface area contributed by atoms with Crippen LogP contribution in [0, 0.1) is 18.6 Å². The second kappa shape index (κ2) is 8.96. The first-order valence-corrected chi connectivity index (χ1v) is 10.4. The molecular weight excluding hydrogens is 473 g/mol. The number of nitrogens with zero attached hydrogens (tertiary/aromatic N) is 3. The first-order chi connectivity index (χ1) is 15.4. The summed E-state index contributed by atoms with van der Waals surface area (Å²) in [5, 5.41) is 2.83. The van der Waals surface area contributed by atoms with Crippen molar-refractivity contribution >= 4 is 29.8 Å². The number of rotatable bonds is 5. The van der Waals surface area contributed by atoms with Crippen LogP contribution in [0.3, 0.4) is 0 Å². The van der Waals surface area contributed by atoms with Crippen LogP contribution in [0.15, 0.2) is 57.9 Å². The molecule has 0 spiro atoms. The van der Waals surface area contributed by atoms with Crippen molar-refractivity contribution in [3.63, 3.8) is 0 Å². The molecule has 4 aromatic rings. The fraction of sp³-hybridized carbons (Fsp3) is 0.174. The summed E-state index contributed by atoms with van der Waals surface area (Å²) in [5.41, 5.74) is 1.18. The van der Waals surface area contributed by atoms with Crippen LogP contribution in [0.5, 0.6) is 0 Å². The molecule has 0 amide bonds. The van der Waals surface area contributed by atoms with Gasteiger partial charge >= 0.3 is 5.69 Å². The van der Waals surface area contributed by atoms with Crippen LogP contribution in [0.2, 0.25) is 5.02 Å². The van der Waals surface area contributed by atoms with Gasteiger partial charge in [0.2, 0.25) is 5.89 Å². The highest BCUT2D eigenvalue weighted by Crippen LogP contribution is 2.34. The van der Waals surface area contributed by atoms with Crippen molar-refractivity contribution in [1.82, 2.24) is 14.5 Å². The van der Waals surface area contributed by atoms with Crippen molar-refractivity contribution in [2.24, 2.45) is 0 Å². The average molecular weight is 491 g/mol. The predicted octanol–water partition coefficient (Wildman–Crippen LogP) is 5.79. The molecule has 0 unspecified atom stereocenters. The van der Waals surface area contributed by atoms with Crippen LogP contribution < -0.4 is 11.0 Å². The fourth-order valence-corrected chi connectivity index (χ4v) is 3.43. The van der Waals surface area contributed by atoms with Crippen molar-refractivity contribution < 1.29 is 13.2 Å². The Bertz CT molecular complexity index is 1400. The summed E-state index contributed by atoms with van der Waals surface area (Å²) < 4.78 is 35.8. The molecule has 0 aliphatic heterocycles. The zero-order valence-corrected chi connectivity index (χ0v) is 18.9. The van der Waals surface area contributed by atoms with Gasteiger partial charge in [-0.15, -0.1) is 12.4 Å². The molecule has 2 heterocycles. The van der Waals surface area contributed by atoms with Gasteiger partial charge in [-0.2, -0.15) is 9.97 Å². The second-order valence-electron chi connectivity index (χ2n) is 7.68. The summed E-state index contributed by atoms with van der Waals surface area (Å²) in [6, 6.07) is 11.6. The average Bonchev–Trinajstić information content (AvgIpc) is 3.47. The van der Waals surface area contributed by atoms with E-state index in [2.05, 4.69) is 15.3 Å². The van der Waals surface area contributed by atoms with E-state index in [1.54, 1.807) is 6.07 Å². The number of aryl methyl sites for hydroxylation is 1. The number of hydrogen-bond donors (Lipinski definition) is 1.